The Bertz CT molecular complexity index is 985. The molecule has 0 atom stereocenters. The van der Waals surface area contributed by atoms with E-state index in [1.807, 2.05) is 0 Å². The average molecular weight is 460 g/mol. The molecule has 2 aromatic rings. The molecular formula is C24H23F7O. The van der Waals surface area contributed by atoms with Gasteiger partial charge in [-0.15, -0.1) is 13.2 Å². The minimum Gasteiger partial charge on any atom is -0.399 e. The zero-order chi connectivity index (χ0) is 23.5. The molecule has 0 saturated heterocycles. The van der Waals surface area contributed by atoms with E-state index in [1.165, 1.54) is 6.42 Å². The van der Waals surface area contributed by atoms with E-state index in [4.69, 9.17) is 0 Å². The summed E-state index contributed by atoms with van der Waals surface area (Å²) in [6.07, 6.45) is 3.70. The Labute approximate surface area is 181 Å². The van der Waals surface area contributed by atoms with Gasteiger partial charge < -0.3 is 4.74 Å². The van der Waals surface area contributed by atoms with Gasteiger partial charge in [-0.3, -0.25) is 0 Å². The SMILES string of the molecule is CCCCCCCC1=Cc2cc(F)c(-c3cc(F)c(OC(F)(F)F)c(F)c3)c(F)c2CC1. The van der Waals surface area contributed by atoms with Crippen molar-refractivity contribution < 1.29 is 35.5 Å². The fraction of sp³-hybridized carbons (Fsp3) is 0.417. The lowest BCUT2D eigenvalue weighted by molar-refractivity contribution is -0.276. The second-order valence-electron chi connectivity index (χ2n) is 7.90. The predicted octanol–water partition coefficient (Wildman–Crippen LogP) is 8.50. The normalized spacial score (nSPS) is 13.7. The monoisotopic (exact) mass is 460 g/mol. The minimum atomic E-state index is -5.31. The summed E-state index contributed by atoms with van der Waals surface area (Å²) in [6, 6.07) is 1.96. The van der Waals surface area contributed by atoms with Crippen LogP contribution in [0.1, 0.15) is 63.0 Å². The molecule has 32 heavy (non-hydrogen) atoms. The molecule has 0 spiro atoms. The third-order valence-corrected chi connectivity index (χ3v) is 5.52. The number of rotatable bonds is 8. The maximum absolute atomic E-state index is 15.1. The van der Waals surface area contributed by atoms with Crippen LogP contribution in [0.15, 0.2) is 23.8 Å². The third kappa shape index (κ3) is 5.64. The summed E-state index contributed by atoms with van der Waals surface area (Å²) in [5.41, 5.74) is 0.449. The minimum absolute atomic E-state index is 0.215. The summed E-state index contributed by atoms with van der Waals surface area (Å²) in [7, 11) is 0. The molecule has 1 aliphatic carbocycles. The standard InChI is InChI=1S/C24H23F7O/c1-2-3-4-5-6-7-14-8-9-17-15(10-14)11-18(25)21(22(17)28)16-12-19(26)23(20(27)13-16)32-24(29,30)31/h10-13H,2-9H2,1H3. The van der Waals surface area contributed by atoms with Crippen LogP contribution in [0.3, 0.4) is 0 Å². The van der Waals surface area contributed by atoms with Gasteiger partial charge in [-0.25, -0.2) is 17.6 Å². The molecule has 2 aromatic carbocycles. The van der Waals surface area contributed by atoms with E-state index in [2.05, 4.69) is 11.7 Å². The first kappa shape index (κ1) is 24.1. The van der Waals surface area contributed by atoms with Gasteiger partial charge in [0.25, 0.3) is 0 Å². The van der Waals surface area contributed by atoms with Crippen LogP contribution in [0.4, 0.5) is 30.7 Å². The highest BCUT2D eigenvalue weighted by molar-refractivity contribution is 5.72. The van der Waals surface area contributed by atoms with Crippen molar-refractivity contribution in [1.29, 1.82) is 0 Å². The van der Waals surface area contributed by atoms with Crippen LogP contribution < -0.4 is 4.74 Å². The number of alkyl halides is 3. The topological polar surface area (TPSA) is 9.23 Å². The second-order valence-corrected chi connectivity index (χ2v) is 7.90. The van der Waals surface area contributed by atoms with Crippen molar-refractivity contribution in [3.05, 3.63) is 58.2 Å². The Morgan fingerprint density at radius 3 is 2.12 bits per heavy atom. The van der Waals surface area contributed by atoms with Crippen molar-refractivity contribution in [2.75, 3.05) is 0 Å². The molecule has 174 valence electrons. The highest BCUT2D eigenvalue weighted by atomic mass is 19.4. The van der Waals surface area contributed by atoms with E-state index in [1.54, 1.807) is 6.08 Å². The van der Waals surface area contributed by atoms with Gasteiger partial charge in [0.2, 0.25) is 5.75 Å². The molecule has 0 saturated carbocycles. The third-order valence-electron chi connectivity index (χ3n) is 5.52. The predicted molar refractivity (Wildman–Crippen MR) is 108 cm³/mol. The van der Waals surface area contributed by atoms with Crippen LogP contribution >= 0.6 is 0 Å². The van der Waals surface area contributed by atoms with E-state index in [0.29, 0.717) is 30.5 Å². The zero-order valence-electron chi connectivity index (χ0n) is 17.5. The van der Waals surface area contributed by atoms with Gasteiger partial charge in [-0.2, -0.15) is 0 Å². The Hall–Kier alpha value is -2.51. The number of unbranched alkanes of at least 4 members (excludes halogenated alkanes) is 4. The number of allylic oxidation sites excluding steroid dienone is 1. The van der Waals surface area contributed by atoms with E-state index < -0.39 is 46.5 Å². The molecule has 0 unspecified atom stereocenters. The molecular weight excluding hydrogens is 437 g/mol. The number of ether oxygens (including phenoxy) is 1. The first-order chi connectivity index (χ1) is 15.1. The van der Waals surface area contributed by atoms with Crippen molar-refractivity contribution in [1.82, 2.24) is 0 Å². The van der Waals surface area contributed by atoms with Gasteiger partial charge >= 0.3 is 6.36 Å². The quantitative estimate of drug-likeness (QED) is 0.283. The molecule has 3 rings (SSSR count). The largest absolute Gasteiger partial charge is 0.573 e. The van der Waals surface area contributed by atoms with Gasteiger partial charge in [-0.05, 0) is 60.6 Å². The molecule has 0 N–H and O–H groups in total. The fourth-order valence-electron chi connectivity index (χ4n) is 3.97. The first-order valence-corrected chi connectivity index (χ1v) is 10.6. The second kappa shape index (κ2) is 9.96. The lowest BCUT2D eigenvalue weighted by Gasteiger charge is -2.20. The maximum atomic E-state index is 15.1. The Kier molecular flexibility index (Phi) is 7.51. The van der Waals surface area contributed by atoms with Crippen LogP contribution in [0.25, 0.3) is 17.2 Å². The number of halogens is 7. The Balaban J connectivity index is 1.89. The summed E-state index contributed by atoms with van der Waals surface area (Å²) in [5, 5.41) is 0. The average Bonchev–Trinajstić information content (AvgIpc) is 2.70. The fourth-order valence-corrected chi connectivity index (χ4v) is 3.97. The summed E-state index contributed by atoms with van der Waals surface area (Å²) >= 11 is 0. The molecule has 0 fully saturated rings. The van der Waals surface area contributed by atoms with Gasteiger partial charge in [0.1, 0.15) is 11.6 Å². The molecule has 0 bridgehead atoms. The smallest absolute Gasteiger partial charge is 0.399 e. The van der Waals surface area contributed by atoms with E-state index in [9.17, 15) is 26.3 Å². The molecule has 1 aliphatic rings. The molecule has 0 amide bonds. The molecule has 8 heteroatoms. The molecule has 0 aromatic heterocycles. The molecule has 1 nitrogen and oxygen atoms in total. The van der Waals surface area contributed by atoms with Crippen LogP contribution in [0.5, 0.6) is 5.75 Å². The zero-order valence-corrected chi connectivity index (χ0v) is 17.5. The summed E-state index contributed by atoms with van der Waals surface area (Å²) in [6.45, 7) is 2.13. The van der Waals surface area contributed by atoms with Crippen molar-refractivity contribution in [2.24, 2.45) is 0 Å². The Morgan fingerprint density at radius 1 is 0.844 bits per heavy atom. The van der Waals surface area contributed by atoms with Crippen LogP contribution in [-0.2, 0) is 6.42 Å². The highest BCUT2D eigenvalue weighted by Gasteiger charge is 2.34. The van der Waals surface area contributed by atoms with Crippen LogP contribution in [0, 0.1) is 23.3 Å². The van der Waals surface area contributed by atoms with E-state index in [0.717, 1.165) is 43.7 Å². The van der Waals surface area contributed by atoms with E-state index >= 15 is 4.39 Å². The molecule has 0 heterocycles. The van der Waals surface area contributed by atoms with Crippen molar-refractivity contribution >= 4 is 6.08 Å². The van der Waals surface area contributed by atoms with Gasteiger partial charge in [-0.1, -0.05) is 44.3 Å². The maximum Gasteiger partial charge on any atom is 0.573 e. The van der Waals surface area contributed by atoms with E-state index in [-0.39, 0.29) is 5.56 Å². The van der Waals surface area contributed by atoms with Crippen LogP contribution in [0.2, 0.25) is 0 Å². The summed E-state index contributed by atoms with van der Waals surface area (Å²) in [5.74, 6) is -7.11. The lowest BCUT2D eigenvalue weighted by atomic mass is 9.87. The Morgan fingerprint density at radius 2 is 1.50 bits per heavy atom. The lowest BCUT2D eigenvalue weighted by Crippen LogP contribution is -2.19. The summed E-state index contributed by atoms with van der Waals surface area (Å²) in [4.78, 5) is 0. The van der Waals surface area contributed by atoms with Crippen molar-refractivity contribution in [3.8, 4) is 16.9 Å². The number of fused-ring (bicyclic) bond motifs is 1. The van der Waals surface area contributed by atoms with Crippen molar-refractivity contribution in [3.63, 3.8) is 0 Å². The number of hydrogen-bond acceptors (Lipinski definition) is 1. The van der Waals surface area contributed by atoms with Gasteiger partial charge in [0.05, 0.1) is 5.56 Å². The van der Waals surface area contributed by atoms with Gasteiger partial charge in [0, 0.05) is 0 Å². The van der Waals surface area contributed by atoms with Crippen LogP contribution in [-0.4, -0.2) is 6.36 Å². The van der Waals surface area contributed by atoms with Crippen molar-refractivity contribution in [2.45, 2.75) is 64.7 Å². The molecule has 0 radical (unpaired) electrons. The summed E-state index contributed by atoms with van der Waals surface area (Å²) < 4.78 is 98.3. The molecule has 0 aliphatic heterocycles. The number of hydrogen-bond donors (Lipinski definition) is 0. The first-order valence-electron chi connectivity index (χ1n) is 10.6. The highest BCUT2D eigenvalue weighted by Crippen LogP contribution is 2.38. The number of benzene rings is 2. The van der Waals surface area contributed by atoms with Gasteiger partial charge in [0.15, 0.2) is 11.6 Å².